The molecule has 0 spiro atoms. The number of halogens is 1. The first kappa shape index (κ1) is 21.3. The molecule has 0 heterocycles. The molecule has 0 radical (unpaired) electrons. The van der Waals surface area contributed by atoms with Gasteiger partial charge in [-0.2, -0.15) is 0 Å². The number of carbonyl (C=O) groups excluding carboxylic acids is 2. The van der Waals surface area contributed by atoms with E-state index in [1.165, 1.54) is 6.42 Å². The third-order valence-corrected chi connectivity index (χ3v) is 5.56. The fourth-order valence-corrected chi connectivity index (χ4v) is 3.86. The maximum absolute atomic E-state index is 12.6. The van der Waals surface area contributed by atoms with Crippen molar-refractivity contribution in [2.75, 3.05) is 5.32 Å². The van der Waals surface area contributed by atoms with Gasteiger partial charge in [0.2, 0.25) is 0 Å². The first-order valence-corrected chi connectivity index (χ1v) is 10.5. The van der Waals surface area contributed by atoms with Crippen LogP contribution in [0.1, 0.15) is 58.4 Å². The molecule has 0 bridgehead atoms. The predicted molar refractivity (Wildman–Crippen MR) is 121 cm³/mol. The molecular weight excluding hydrogens is 406 g/mol. The summed E-state index contributed by atoms with van der Waals surface area (Å²) >= 11 is 11.5. The molecule has 1 aliphatic carbocycles. The number of hydrogen-bond acceptors (Lipinski definition) is 3. The summed E-state index contributed by atoms with van der Waals surface area (Å²) in [5.41, 5.74) is 2.38. The second kappa shape index (κ2) is 9.85. The van der Waals surface area contributed by atoms with E-state index in [2.05, 4.69) is 16.0 Å². The number of carbonyl (C=O) groups is 2. The van der Waals surface area contributed by atoms with Gasteiger partial charge in [-0.1, -0.05) is 49.1 Å². The molecule has 0 saturated heterocycles. The lowest BCUT2D eigenvalue weighted by Gasteiger charge is -2.23. The number of benzene rings is 2. The van der Waals surface area contributed by atoms with Gasteiger partial charge in [-0.05, 0) is 61.8 Å². The van der Waals surface area contributed by atoms with Crippen molar-refractivity contribution >= 4 is 46.4 Å². The van der Waals surface area contributed by atoms with Gasteiger partial charge in [0, 0.05) is 17.3 Å². The smallest absolute Gasteiger partial charge is 0.257 e. The molecule has 2 aromatic rings. The van der Waals surface area contributed by atoms with Crippen LogP contribution in [0.5, 0.6) is 0 Å². The van der Waals surface area contributed by atoms with Crippen molar-refractivity contribution < 1.29 is 9.59 Å². The van der Waals surface area contributed by atoms with Crippen LogP contribution >= 0.6 is 23.8 Å². The van der Waals surface area contributed by atoms with Gasteiger partial charge in [-0.3, -0.25) is 14.9 Å². The van der Waals surface area contributed by atoms with Crippen molar-refractivity contribution in [3.63, 3.8) is 0 Å². The largest absolute Gasteiger partial charge is 0.349 e. The molecule has 1 fully saturated rings. The molecule has 7 heteroatoms. The zero-order valence-electron chi connectivity index (χ0n) is 16.3. The fourth-order valence-electron chi connectivity index (χ4n) is 3.45. The van der Waals surface area contributed by atoms with Gasteiger partial charge in [0.25, 0.3) is 11.8 Å². The number of aryl methyl sites for hydroxylation is 1. The molecule has 2 aromatic carbocycles. The van der Waals surface area contributed by atoms with Gasteiger partial charge in [-0.25, -0.2) is 0 Å². The van der Waals surface area contributed by atoms with Crippen LogP contribution in [0.4, 0.5) is 5.69 Å². The zero-order valence-corrected chi connectivity index (χ0v) is 17.8. The van der Waals surface area contributed by atoms with Crippen LogP contribution < -0.4 is 16.0 Å². The summed E-state index contributed by atoms with van der Waals surface area (Å²) in [6, 6.07) is 12.5. The van der Waals surface area contributed by atoms with Gasteiger partial charge in [0.05, 0.1) is 10.6 Å². The zero-order chi connectivity index (χ0) is 20.8. The van der Waals surface area contributed by atoms with E-state index in [0.29, 0.717) is 21.8 Å². The summed E-state index contributed by atoms with van der Waals surface area (Å²) in [6.07, 6.45) is 5.48. The van der Waals surface area contributed by atoms with Gasteiger partial charge in [0.1, 0.15) is 0 Å². The highest BCUT2D eigenvalue weighted by atomic mass is 35.5. The van der Waals surface area contributed by atoms with Crippen LogP contribution in [-0.4, -0.2) is 23.0 Å². The Morgan fingerprint density at radius 1 is 1.00 bits per heavy atom. The third-order valence-electron chi connectivity index (χ3n) is 5.03. The Kier molecular flexibility index (Phi) is 7.23. The predicted octanol–water partition coefficient (Wildman–Crippen LogP) is 4.84. The lowest BCUT2D eigenvalue weighted by molar-refractivity contribution is 0.0926. The Morgan fingerprint density at radius 3 is 2.45 bits per heavy atom. The van der Waals surface area contributed by atoms with E-state index in [1.807, 2.05) is 19.1 Å². The fraction of sp³-hybridized carbons (Fsp3) is 0.318. The van der Waals surface area contributed by atoms with Crippen molar-refractivity contribution in [3.8, 4) is 0 Å². The minimum absolute atomic E-state index is 0.152. The number of nitrogens with one attached hydrogen (secondary N) is 3. The molecule has 3 rings (SSSR count). The highest BCUT2D eigenvalue weighted by molar-refractivity contribution is 7.80. The minimum atomic E-state index is -0.287. The van der Waals surface area contributed by atoms with Crippen LogP contribution in [-0.2, 0) is 0 Å². The topological polar surface area (TPSA) is 70.2 Å². The number of rotatable bonds is 4. The summed E-state index contributed by atoms with van der Waals surface area (Å²) in [5.74, 6) is -0.481. The Bertz CT molecular complexity index is 926. The van der Waals surface area contributed by atoms with Gasteiger partial charge in [-0.15, -0.1) is 0 Å². The average molecular weight is 430 g/mol. The summed E-state index contributed by atoms with van der Waals surface area (Å²) in [7, 11) is 0. The van der Waals surface area contributed by atoms with Crippen LogP contribution in [0.3, 0.4) is 0 Å². The molecule has 3 N–H and O–H groups in total. The Morgan fingerprint density at radius 2 is 1.72 bits per heavy atom. The Hall–Kier alpha value is -2.44. The van der Waals surface area contributed by atoms with Gasteiger partial charge >= 0.3 is 0 Å². The monoisotopic (exact) mass is 429 g/mol. The Labute approximate surface area is 181 Å². The molecule has 29 heavy (non-hydrogen) atoms. The highest BCUT2D eigenvalue weighted by Gasteiger charge is 2.19. The van der Waals surface area contributed by atoms with Crippen LogP contribution in [0.2, 0.25) is 5.02 Å². The SMILES string of the molecule is Cc1ccccc1C(=O)NC(=S)Nc1ccc(Cl)c(C(=O)NC2CCCCC2)c1. The van der Waals surface area contributed by atoms with Crippen molar-refractivity contribution in [2.45, 2.75) is 45.1 Å². The number of thiocarbonyl (C=S) groups is 1. The molecule has 0 aliphatic heterocycles. The quantitative estimate of drug-likeness (QED) is 0.608. The van der Waals surface area contributed by atoms with E-state index < -0.39 is 0 Å². The normalized spacial score (nSPS) is 14.1. The second-order valence-corrected chi connectivity index (χ2v) is 8.04. The van der Waals surface area contributed by atoms with Crippen molar-refractivity contribution in [1.29, 1.82) is 0 Å². The van der Waals surface area contributed by atoms with E-state index >= 15 is 0 Å². The van der Waals surface area contributed by atoms with Crippen molar-refractivity contribution in [3.05, 3.63) is 64.2 Å². The second-order valence-electron chi connectivity index (χ2n) is 7.23. The highest BCUT2D eigenvalue weighted by Crippen LogP contribution is 2.23. The summed E-state index contributed by atoms with van der Waals surface area (Å²) in [4.78, 5) is 25.0. The lowest BCUT2D eigenvalue weighted by Crippen LogP contribution is -2.36. The van der Waals surface area contributed by atoms with Crippen LogP contribution in [0.25, 0.3) is 0 Å². The molecule has 2 amide bonds. The number of amides is 2. The van der Waals surface area contributed by atoms with E-state index in [4.69, 9.17) is 23.8 Å². The lowest BCUT2D eigenvalue weighted by atomic mass is 9.95. The van der Waals surface area contributed by atoms with Crippen molar-refractivity contribution in [2.24, 2.45) is 0 Å². The summed E-state index contributed by atoms with van der Waals surface area (Å²) < 4.78 is 0. The Balaban J connectivity index is 1.64. The summed E-state index contributed by atoms with van der Waals surface area (Å²) in [5, 5.41) is 9.20. The average Bonchev–Trinajstić information content (AvgIpc) is 2.70. The molecule has 152 valence electrons. The maximum atomic E-state index is 12.6. The van der Waals surface area contributed by atoms with E-state index in [9.17, 15) is 9.59 Å². The van der Waals surface area contributed by atoms with Gasteiger partial charge < -0.3 is 10.6 Å². The number of hydrogen-bond donors (Lipinski definition) is 3. The molecule has 1 aliphatic rings. The van der Waals surface area contributed by atoms with Crippen LogP contribution in [0.15, 0.2) is 42.5 Å². The van der Waals surface area contributed by atoms with E-state index in [1.54, 1.807) is 30.3 Å². The molecule has 0 aromatic heterocycles. The third kappa shape index (κ3) is 5.78. The molecule has 0 unspecified atom stereocenters. The van der Waals surface area contributed by atoms with Crippen LogP contribution in [0, 0.1) is 6.92 Å². The number of anilines is 1. The van der Waals surface area contributed by atoms with E-state index in [0.717, 1.165) is 31.2 Å². The standard InChI is InChI=1S/C22H24ClN3O2S/c1-14-7-5-6-10-17(14)20(27)26-22(29)25-16-11-12-19(23)18(13-16)21(28)24-15-8-3-2-4-9-15/h5-7,10-13,15H,2-4,8-9H2,1H3,(H,24,28)(H2,25,26,27,29). The molecule has 0 atom stereocenters. The molecule has 5 nitrogen and oxygen atoms in total. The van der Waals surface area contributed by atoms with E-state index in [-0.39, 0.29) is 23.0 Å². The first-order valence-electron chi connectivity index (χ1n) is 9.72. The molecule has 1 saturated carbocycles. The minimum Gasteiger partial charge on any atom is -0.349 e. The maximum Gasteiger partial charge on any atom is 0.257 e. The first-order chi connectivity index (χ1) is 13.9. The van der Waals surface area contributed by atoms with Crippen molar-refractivity contribution in [1.82, 2.24) is 10.6 Å². The summed E-state index contributed by atoms with van der Waals surface area (Å²) in [6.45, 7) is 1.86. The van der Waals surface area contributed by atoms with Gasteiger partial charge in [0.15, 0.2) is 5.11 Å². The molecular formula is C22H24ClN3O2S.